The second kappa shape index (κ2) is 9.92. The van der Waals surface area contributed by atoms with Crippen LogP contribution in [0.1, 0.15) is 11.1 Å². The van der Waals surface area contributed by atoms with Gasteiger partial charge in [0.2, 0.25) is 6.41 Å². The van der Waals surface area contributed by atoms with Crippen LogP contribution in [-0.4, -0.2) is 73.4 Å². The Kier molecular flexibility index (Phi) is 6.97. The van der Waals surface area contributed by atoms with Gasteiger partial charge in [0.25, 0.3) is 0 Å². The molecular weight excluding hydrogens is 449 g/mol. The van der Waals surface area contributed by atoms with Crippen molar-refractivity contribution in [3.8, 4) is 17.0 Å². The molecule has 2 aromatic heterocycles. The number of pyridine rings is 1. The number of benzene rings is 1. The highest BCUT2D eigenvalue weighted by molar-refractivity contribution is 5.69. The number of hydrogen-bond acceptors (Lipinski definition) is 5. The maximum absolute atomic E-state index is 12.7. The first kappa shape index (κ1) is 23.9. The molecule has 0 radical (unpaired) electrons. The number of alkyl halides is 3. The summed E-state index contributed by atoms with van der Waals surface area (Å²) in [5, 5.41) is 0. The van der Waals surface area contributed by atoms with E-state index in [-0.39, 0.29) is 19.4 Å². The molecule has 1 aromatic carbocycles. The molecule has 1 saturated heterocycles. The topological polar surface area (TPSA) is 59.3 Å². The maximum atomic E-state index is 12.7. The predicted octanol–water partition coefficient (Wildman–Crippen LogP) is 3.72. The first-order valence-electron chi connectivity index (χ1n) is 11.0. The lowest BCUT2D eigenvalue weighted by Crippen LogP contribution is -2.36. The van der Waals surface area contributed by atoms with E-state index in [0.29, 0.717) is 19.0 Å². The molecule has 1 amide bonds. The highest BCUT2D eigenvalue weighted by atomic mass is 19.4. The molecule has 1 fully saturated rings. The van der Waals surface area contributed by atoms with Crippen molar-refractivity contribution >= 4 is 17.7 Å². The molecule has 1 aliphatic heterocycles. The maximum Gasteiger partial charge on any atom is 0.406 e. The Bertz CT molecular complexity index is 1160. The first-order valence-corrected chi connectivity index (χ1v) is 11.0. The average Bonchev–Trinajstić information content (AvgIpc) is 3.25. The Labute approximate surface area is 195 Å². The molecule has 3 heterocycles. The van der Waals surface area contributed by atoms with E-state index in [1.807, 2.05) is 41.8 Å². The third-order valence-corrected chi connectivity index (χ3v) is 6.06. The highest BCUT2D eigenvalue weighted by Gasteiger charge is 2.30. The van der Waals surface area contributed by atoms with Crippen molar-refractivity contribution < 1.29 is 27.4 Å². The summed E-state index contributed by atoms with van der Waals surface area (Å²) in [6, 6.07) is 7.88. The number of hydrogen-bond donors (Lipinski definition) is 0. The number of ether oxygens (including phenoxy) is 2. The van der Waals surface area contributed by atoms with Crippen LogP contribution in [0.3, 0.4) is 0 Å². The Morgan fingerprint density at radius 1 is 1.24 bits per heavy atom. The Morgan fingerprint density at radius 2 is 2.00 bits per heavy atom. The van der Waals surface area contributed by atoms with E-state index in [2.05, 4.69) is 9.88 Å². The fourth-order valence-corrected chi connectivity index (χ4v) is 4.23. The van der Waals surface area contributed by atoms with Crippen molar-refractivity contribution in [3.63, 3.8) is 0 Å². The minimum Gasteiger partial charge on any atom is -0.496 e. The van der Waals surface area contributed by atoms with Crippen LogP contribution < -0.4 is 9.64 Å². The van der Waals surface area contributed by atoms with Gasteiger partial charge in [0.1, 0.15) is 17.9 Å². The van der Waals surface area contributed by atoms with Crippen molar-refractivity contribution in [2.45, 2.75) is 19.5 Å². The highest BCUT2D eigenvalue weighted by Crippen LogP contribution is 2.32. The number of rotatable bonds is 8. The zero-order chi connectivity index (χ0) is 24.3. The van der Waals surface area contributed by atoms with Gasteiger partial charge in [-0.1, -0.05) is 0 Å². The van der Waals surface area contributed by atoms with Gasteiger partial charge in [-0.2, -0.15) is 13.2 Å². The zero-order valence-corrected chi connectivity index (χ0v) is 19.1. The summed E-state index contributed by atoms with van der Waals surface area (Å²) in [7, 11) is 1.56. The van der Waals surface area contributed by atoms with Crippen LogP contribution in [0.4, 0.5) is 18.9 Å². The number of fused-ring (bicyclic) bond motifs is 1. The van der Waals surface area contributed by atoms with Crippen molar-refractivity contribution in [1.82, 2.24) is 14.3 Å². The number of amides is 1. The molecule has 0 unspecified atom stereocenters. The number of nitrogens with zero attached hydrogens (tertiary/aromatic N) is 4. The van der Waals surface area contributed by atoms with Gasteiger partial charge in [-0.25, -0.2) is 4.98 Å². The standard InChI is InChI=1S/C24H27F3N4O3/c1-17-18(3-5-29(16-32)15-24(25,26)27)11-19(12-22(17)33-2)21-14-28-23-13-20(4-6-31(21)23)30-7-9-34-10-8-30/h4,6,11-14,16H,3,5,7-10,15H2,1-2H3. The number of halogens is 3. The summed E-state index contributed by atoms with van der Waals surface area (Å²) < 4.78 is 51.1. The van der Waals surface area contributed by atoms with Crippen LogP contribution in [0.2, 0.25) is 0 Å². The molecular formula is C24H27F3N4O3. The van der Waals surface area contributed by atoms with Crippen LogP contribution in [0, 0.1) is 6.92 Å². The molecule has 0 bridgehead atoms. The summed E-state index contributed by atoms with van der Waals surface area (Å²) in [5.74, 6) is 0.626. The summed E-state index contributed by atoms with van der Waals surface area (Å²) in [4.78, 5) is 18.7. The van der Waals surface area contributed by atoms with Crippen LogP contribution in [-0.2, 0) is 16.0 Å². The first-order chi connectivity index (χ1) is 16.3. The molecule has 0 spiro atoms. The van der Waals surface area contributed by atoms with Gasteiger partial charge in [0.05, 0.1) is 32.2 Å². The van der Waals surface area contributed by atoms with Crippen molar-refractivity contribution in [3.05, 3.63) is 47.8 Å². The molecule has 0 saturated carbocycles. The number of morpholine rings is 1. The number of imidazole rings is 1. The molecule has 3 aromatic rings. The van der Waals surface area contributed by atoms with E-state index >= 15 is 0 Å². The second-order valence-corrected chi connectivity index (χ2v) is 8.26. The SMILES string of the molecule is COc1cc(-c2cnc3cc(N4CCOCC4)ccn23)cc(CCN(C=O)CC(F)(F)F)c1C. The van der Waals surface area contributed by atoms with E-state index in [4.69, 9.17) is 9.47 Å². The van der Waals surface area contributed by atoms with E-state index in [1.54, 1.807) is 13.3 Å². The van der Waals surface area contributed by atoms with Gasteiger partial charge in [-0.15, -0.1) is 0 Å². The molecule has 34 heavy (non-hydrogen) atoms. The van der Waals surface area contributed by atoms with Gasteiger partial charge in [-0.3, -0.25) is 9.20 Å². The largest absolute Gasteiger partial charge is 0.496 e. The van der Waals surface area contributed by atoms with Crippen molar-refractivity contribution in [2.24, 2.45) is 0 Å². The Morgan fingerprint density at radius 3 is 2.68 bits per heavy atom. The number of aromatic nitrogens is 2. The minimum absolute atomic E-state index is 0.0491. The van der Waals surface area contributed by atoms with Crippen LogP contribution >= 0.6 is 0 Å². The van der Waals surface area contributed by atoms with Gasteiger partial charge >= 0.3 is 6.18 Å². The molecule has 1 aliphatic rings. The molecule has 0 N–H and O–H groups in total. The number of carbonyl (C=O) groups is 1. The van der Waals surface area contributed by atoms with Crippen molar-refractivity contribution in [1.29, 1.82) is 0 Å². The lowest BCUT2D eigenvalue weighted by atomic mass is 9.99. The van der Waals surface area contributed by atoms with E-state index < -0.39 is 12.7 Å². The van der Waals surface area contributed by atoms with E-state index in [9.17, 15) is 18.0 Å². The van der Waals surface area contributed by atoms with Crippen molar-refractivity contribution in [2.75, 3.05) is 51.4 Å². The molecule has 0 aliphatic carbocycles. The normalized spacial score (nSPS) is 14.4. The van der Waals surface area contributed by atoms with Gasteiger partial charge in [-0.05, 0) is 42.7 Å². The lowest BCUT2D eigenvalue weighted by molar-refractivity contribution is -0.153. The molecule has 182 valence electrons. The number of methoxy groups -OCH3 is 1. The third-order valence-electron chi connectivity index (χ3n) is 6.06. The van der Waals surface area contributed by atoms with Gasteiger partial charge < -0.3 is 19.3 Å². The number of anilines is 1. The number of carbonyl (C=O) groups excluding carboxylic acids is 1. The summed E-state index contributed by atoms with van der Waals surface area (Å²) in [6.07, 6.45) is -0.200. The molecule has 10 heteroatoms. The molecule has 4 rings (SSSR count). The third kappa shape index (κ3) is 5.27. The minimum atomic E-state index is -4.44. The fourth-order valence-electron chi connectivity index (χ4n) is 4.23. The summed E-state index contributed by atoms with van der Waals surface area (Å²) in [6.45, 7) is 3.58. The summed E-state index contributed by atoms with van der Waals surface area (Å²) >= 11 is 0. The second-order valence-electron chi connectivity index (χ2n) is 8.26. The smallest absolute Gasteiger partial charge is 0.406 e. The monoisotopic (exact) mass is 476 g/mol. The van der Waals surface area contributed by atoms with Gasteiger partial charge in [0.15, 0.2) is 0 Å². The predicted molar refractivity (Wildman–Crippen MR) is 122 cm³/mol. The average molecular weight is 476 g/mol. The van der Waals surface area contributed by atoms with Gasteiger partial charge in [0, 0.05) is 43.1 Å². The van der Waals surface area contributed by atoms with Crippen LogP contribution in [0.5, 0.6) is 5.75 Å². The van der Waals surface area contributed by atoms with E-state index in [1.165, 1.54) is 0 Å². The quantitative estimate of drug-likeness (QED) is 0.464. The Hall–Kier alpha value is -3.27. The lowest BCUT2D eigenvalue weighted by Gasteiger charge is -2.28. The fraction of sp³-hybridized carbons (Fsp3) is 0.417. The molecule has 7 nitrogen and oxygen atoms in total. The van der Waals surface area contributed by atoms with Crippen LogP contribution in [0.25, 0.3) is 16.9 Å². The summed E-state index contributed by atoms with van der Waals surface area (Å²) in [5.41, 5.74) is 5.17. The van der Waals surface area contributed by atoms with E-state index in [0.717, 1.165) is 51.7 Å². The molecule has 0 atom stereocenters. The van der Waals surface area contributed by atoms with Crippen LogP contribution in [0.15, 0.2) is 36.7 Å². The Balaban J connectivity index is 1.63. The zero-order valence-electron chi connectivity index (χ0n) is 19.1.